The molecule has 23 heavy (non-hydrogen) atoms. The van der Waals surface area contributed by atoms with E-state index in [9.17, 15) is 14.4 Å². The van der Waals surface area contributed by atoms with Crippen LogP contribution in [0.2, 0.25) is 0 Å². The fourth-order valence-corrected chi connectivity index (χ4v) is 2.65. The molecule has 0 aliphatic carbocycles. The third-order valence-corrected chi connectivity index (χ3v) is 3.89. The average Bonchev–Trinajstić information content (AvgIpc) is 2.54. The highest BCUT2D eigenvalue weighted by molar-refractivity contribution is 14.1. The van der Waals surface area contributed by atoms with Crippen LogP contribution in [0.3, 0.4) is 0 Å². The van der Waals surface area contributed by atoms with Gasteiger partial charge in [-0.25, -0.2) is 14.2 Å². The Morgan fingerprint density at radius 2 is 1.83 bits per heavy atom. The van der Waals surface area contributed by atoms with Gasteiger partial charge in [0.15, 0.2) is 0 Å². The van der Waals surface area contributed by atoms with Crippen LogP contribution in [0.25, 0.3) is 17.0 Å². The standard InChI is InChI=1S/C17H10INO4/c18-12-7-8-14-13(10-12)16(21)23-17(22)19(14)15(20)9-6-11-4-2-1-3-5-11/h1-10H/b9-6+. The molecular formula is C17H10INO4. The zero-order chi connectivity index (χ0) is 16.4. The molecule has 0 saturated heterocycles. The van der Waals surface area contributed by atoms with Crippen LogP contribution in [0, 0.1) is 3.57 Å². The molecule has 1 heterocycles. The van der Waals surface area contributed by atoms with Crippen LogP contribution in [0.1, 0.15) is 10.4 Å². The van der Waals surface area contributed by atoms with Gasteiger partial charge >= 0.3 is 11.4 Å². The van der Waals surface area contributed by atoms with E-state index in [4.69, 9.17) is 0 Å². The molecule has 5 nitrogen and oxygen atoms in total. The molecule has 2 aromatic carbocycles. The summed E-state index contributed by atoms with van der Waals surface area (Å²) in [5.74, 6) is -1.57. The zero-order valence-corrected chi connectivity index (χ0v) is 13.9. The number of benzene rings is 2. The fraction of sp³-hybridized carbons (Fsp3) is 0. The third-order valence-electron chi connectivity index (χ3n) is 3.22. The van der Waals surface area contributed by atoms with Gasteiger partial charge in [0.1, 0.15) is 0 Å². The smallest absolute Gasteiger partial charge is 0.372 e. The minimum atomic E-state index is -0.994. The second-order valence-electron chi connectivity index (χ2n) is 4.73. The molecule has 1 aromatic heterocycles. The Balaban J connectivity index is 2.13. The van der Waals surface area contributed by atoms with Crippen LogP contribution in [0.5, 0.6) is 0 Å². The lowest BCUT2D eigenvalue weighted by atomic mass is 10.2. The summed E-state index contributed by atoms with van der Waals surface area (Å²) in [5, 5.41) is 0.193. The second-order valence-corrected chi connectivity index (χ2v) is 5.98. The van der Waals surface area contributed by atoms with Crippen LogP contribution in [-0.4, -0.2) is 10.5 Å². The number of rotatable bonds is 2. The van der Waals surface area contributed by atoms with Crippen LogP contribution in [0.15, 0.2) is 68.6 Å². The van der Waals surface area contributed by atoms with Crippen LogP contribution >= 0.6 is 22.6 Å². The minimum Gasteiger partial charge on any atom is -0.372 e. The fourth-order valence-electron chi connectivity index (χ4n) is 2.16. The Bertz CT molecular complexity index is 1030. The maximum absolute atomic E-state index is 12.4. The Morgan fingerprint density at radius 1 is 1.09 bits per heavy atom. The summed E-state index contributed by atoms with van der Waals surface area (Å²) in [6.07, 6.45) is 2.87. The normalized spacial score (nSPS) is 11.2. The van der Waals surface area contributed by atoms with Crippen molar-refractivity contribution in [2.24, 2.45) is 0 Å². The largest absolute Gasteiger partial charge is 0.429 e. The van der Waals surface area contributed by atoms with Crippen LogP contribution in [0.4, 0.5) is 0 Å². The zero-order valence-electron chi connectivity index (χ0n) is 11.7. The van der Waals surface area contributed by atoms with Crippen molar-refractivity contribution < 1.29 is 9.21 Å². The number of halogens is 1. The summed E-state index contributed by atoms with van der Waals surface area (Å²) in [6.45, 7) is 0. The van der Waals surface area contributed by atoms with E-state index in [-0.39, 0.29) is 10.9 Å². The van der Waals surface area contributed by atoms with Crippen molar-refractivity contribution >= 4 is 45.5 Å². The molecule has 114 valence electrons. The molecule has 0 amide bonds. The molecule has 0 N–H and O–H groups in total. The molecule has 0 fully saturated rings. The molecule has 0 aliphatic heterocycles. The third kappa shape index (κ3) is 3.16. The van der Waals surface area contributed by atoms with Crippen LogP contribution in [-0.2, 0) is 0 Å². The molecule has 0 bridgehead atoms. The summed E-state index contributed by atoms with van der Waals surface area (Å²) in [5.41, 5.74) is 0.305. The number of carbonyl (C=O) groups excluding carboxylic acids is 1. The second kappa shape index (κ2) is 6.33. The average molecular weight is 419 g/mol. The Hall–Kier alpha value is -2.48. The number of hydrogen-bond donors (Lipinski definition) is 0. The number of aromatic nitrogens is 1. The molecule has 0 unspecified atom stereocenters. The summed E-state index contributed by atoms with van der Waals surface area (Å²) < 4.78 is 6.30. The van der Waals surface area contributed by atoms with Gasteiger partial charge in [-0.1, -0.05) is 30.3 Å². The molecule has 0 saturated carbocycles. The van der Waals surface area contributed by atoms with Gasteiger partial charge in [0.05, 0.1) is 10.9 Å². The highest BCUT2D eigenvalue weighted by Gasteiger charge is 2.13. The highest BCUT2D eigenvalue weighted by atomic mass is 127. The molecule has 0 radical (unpaired) electrons. The van der Waals surface area contributed by atoms with Gasteiger partial charge < -0.3 is 4.42 Å². The molecule has 0 atom stereocenters. The lowest BCUT2D eigenvalue weighted by Crippen LogP contribution is -2.29. The van der Waals surface area contributed by atoms with Crippen LogP contribution < -0.4 is 11.4 Å². The maximum atomic E-state index is 12.4. The topological polar surface area (TPSA) is 69.3 Å². The monoisotopic (exact) mass is 419 g/mol. The van der Waals surface area contributed by atoms with Crippen molar-refractivity contribution in [1.82, 2.24) is 4.57 Å². The highest BCUT2D eigenvalue weighted by Crippen LogP contribution is 2.13. The first-order valence-electron chi connectivity index (χ1n) is 6.69. The van der Waals surface area contributed by atoms with E-state index in [0.29, 0.717) is 0 Å². The first-order chi connectivity index (χ1) is 11.1. The van der Waals surface area contributed by atoms with Crippen molar-refractivity contribution in [2.75, 3.05) is 0 Å². The van der Waals surface area contributed by atoms with Gasteiger partial charge in [-0.3, -0.25) is 4.79 Å². The van der Waals surface area contributed by atoms with Gasteiger partial charge in [-0.2, -0.15) is 0 Å². The van der Waals surface area contributed by atoms with Gasteiger partial charge in [0.25, 0.3) is 5.91 Å². The van der Waals surface area contributed by atoms with Crippen molar-refractivity contribution in [3.63, 3.8) is 0 Å². The molecular weight excluding hydrogens is 409 g/mol. The van der Waals surface area contributed by atoms with Gasteiger partial charge in [0, 0.05) is 9.65 Å². The van der Waals surface area contributed by atoms with Gasteiger partial charge in [-0.15, -0.1) is 0 Å². The maximum Gasteiger partial charge on any atom is 0.429 e. The Labute approximate surface area is 144 Å². The quantitative estimate of drug-likeness (QED) is 0.473. The Morgan fingerprint density at radius 3 is 2.57 bits per heavy atom. The predicted octanol–water partition coefficient (Wildman–Crippen LogP) is 2.91. The molecule has 3 aromatic rings. The summed E-state index contributed by atoms with van der Waals surface area (Å²) in [6, 6.07) is 14.1. The van der Waals surface area contributed by atoms with Gasteiger partial charge in [-0.05, 0) is 52.4 Å². The van der Waals surface area contributed by atoms with E-state index in [2.05, 4.69) is 4.42 Å². The van der Waals surface area contributed by atoms with Crippen molar-refractivity contribution in [3.8, 4) is 0 Å². The summed E-state index contributed by atoms with van der Waals surface area (Å²) in [4.78, 5) is 36.1. The number of hydrogen-bond acceptors (Lipinski definition) is 4. The van der Waals surface area contributed by atoms with E-state index >= 15 is 0 Å². The van der Waals surface area contributed by atoms with E-state index in [1.165, 1.54) is 6.08 Å². The van der Waals surface area contributed by atoms with Gasteiger partial charge in [0.2, 0.25) is 0 Å². The first kappa shape index (κ1) is 15.4. The molecule has 3 rings (SSSR count). The lowest BCUT2D eigenvalue weighted by molar-refractivity contribution is 0.0961. The predicted molar refractivity (Wildman–Crippen MR) is 95.6 cm³/mol. The van der Waals surface area contributed by atoms with E-state index in [1.54, 1.807) is 24.3 Å². The number of nitrogens with zero attached hydrogens (tertiary/aromatic N) is 1. The number of fused-ring (bicyclic) bond motifs is 1. The SMILES string of the molecule is O=C(/C=C/c1ccccc1)n1c(=O)oc(=O)c2cc(I)ccc21. The van der Waals surface area contributed by atoms with E-state index in [0.717, 1.165) is 13.7 Å². The van der Waals surface area contributed by atoms with Crippen molar-refractivity contribution in [1.29, 1.82) is 0 Å². The molecule has 0 aliphatic rings. The lowest BCUT2D eigenvalue weighted by Gasteiger charge is -2.04. The first-order valence-corrected chi connectivity index (χ1v) is 7.77. The molecule has 6 heteroatoms. The summed E-state index contributed by atoms with van der Waals surface area (Å²) in [7, 11) is 0. The minimum absolute atomic E-state index is 0.193. The number of carbonyl (C=O) groups is 1. The van der Waals surface area contributed by atoms with Crippen molar-refractivity contribution in [3.05, 3.63) is 84.7 Å². The number of allylic oxidation sites excluding steroid dienone is 1. The van der Waals surface area contributed by atoms with E-state index in [1.807, 2.05) is 52.9 Å². The summed E-state index contributed by atoms with van der Waals surface area (Å²) >= 11 is 2.04. The molecule has 0 spiro atoms. The Kier molecular flexibility index (Phi) is 4.24. The van der Waals surface area contributed by atoms with Crippen molar-refractivity contribution in [2.45, 2.75) is 0 Å². The van der Waals surface area contributed by atoms with E-state index < -0.39 is 17.3 Å².